The van der Waals surface area contributed by atoms with Crippen molar-refractivity contribution < 1.29 is 19.1 Å². The molecule has 0 aromatic heterocycles. The molecule has 2 atom stereocenters. The maximum absolute atomic E-state index is 13.9. The minimum atomic E-state index is -0.416. The molecule has 2 amide bonds. The number of carbonyl (C=O) groups excluding carboxylic acids is 3. The Hall–Kier alpha value is -4.51. The first-order chi connectivity index (χ1) is 18.5. The van der Waals surface area contributed by atoms with Gasteiger partial charge in [-0.2, -0.15) is 0 Å². The highest BCUT2D eigenvalue weighted by Gasteiger charge is 2.61. The molecule has 1 fully saturated rings. The lowest BCUT2D eigenvalue weighted by atomic mass is 9.55. The smallest absolute Gasteiger partial charge is 0.238 e. The van der Waals surface area contributed by atoms with Gasteiger partial charge in [-0.1, -0.05) is 78.4 Å². The quantitative estimate of drug-likeness (QED) is 0.263. The average molecular weight is 500 g/mol. The number of benzene rings is 4. The van der Waals surface area contributed by atoms with E-state index in [1.165, 1.54) is 4.90 Å². The summed E-state index contributed by atoms with van der Waals surface area (Å²) in [5.41, 5.74) is 6.83. The number of anilines is 1. The Morgan fingerprint density at radius 3 is 1.63 bits per heavy atom. The molecule has 38 heavy (non-hydrogen) atoms. The van der Waals surface area contributed by atoms with E-state index in [1.807, 2.05) is 43.3 Å². The Morgan fingerprint density at radius 1 is 0.684 bits per heavy atom. The molecule has 3 aliphatic carbocycles. The zero-order valence-electron chi connectivity index (χ0n) is 20.8. The third-order valence-electron chi connectivity index (χ3n) is 8.29. The highest BCUT2D eigenvalue weighted by molar-refractivity contribution is 6.23. The highest BCUT2D eigenvalue weighted by Crippen LogP contribution is 2.61. The molecule has 0 N–H and O–H groups in total. The standard InChI is InChI=1S/C33H25NO4/c1-19-10-12-20(13-11-19)27(35)18-38-22-16-14-21(15-17-22)34-32(36)30-28-23-6-2-3-7-24(23)29(31(30)33(34)37)26-9-5-4-8-25(26)28/h2-17,28-31H,18H2,1H3/t28?,29?,30-,31-/m1/s1. The van der Waals surface area contributed by atoms with Crippen LogP contribution in [0.5, 0.6) is 5.75 Å². The number of carbonyl (C=O) groups is 3. The summed E-state index contributed by atoms with van der Waals surface area (Å²) in [6.07, 6.45) is 0. The molecule has 0 spiro atoms. The number of hydrogen-bond acceptors (Lipinski definition) is 4. The summed E-state index contributed by atoms with van der Waals surface area (Å²) >= 11 is 0. The average Bonchev–Trinajstić information content (AvgIpc) is 3.22. The van der Waals surface area contributed by atoms with E-state index in [1.54, 1.807) is 36.4 Å². The monoisotopic (exact) mass is 499 g/mol. The Kier molecular flexibility index (Phi) is 5.08. The summed E-state index contributed by atoms with van der Waals surface area (Å²) in [6, 6.07) is 30.7. The SMILES string of the molecule is Cc1ccc(C(=O)COc2ccc(N3C(=O)[C@@H]4C5c6ccccc6C(c6ccccc65)[C@H]4C3=O)cc2)cc1. The van der Waals surface area contributed by atoms with Crippen LogP contribution in [0, 0.1) is 18.8 Å². The lowest BCUT2D eigenvalue weighted by molar-refractivity contribution is -0.122. The zero-order valence-corrected chi connectivity index (χ0v) is 20.8. The molecule has 4 aromatic rings. The molecule has 0 unspecified atom stereocenters. The maximum Gasteiger partial charge on any atom is 0.238 e. The van der Waals surface area contributed by atoms with E-state index < -0.39 is 11.8 Å². The van der Waals surface area contributed by atoms with Crippen LogP contribution in [0.1, 0.15) is 50.0 Å². The van der Waals surface area contributed by atoms with Crippen molar-refractivity contribution in [2.45, 2.75) is 18.8 Å². The molecule has 2 bridgehead atoms. The van der Waals surface area contributed by atoms with E-state index in [0.29, 0.717) is 17.0 Å². The van der Waals surface area contributed by atoms with Crippen LogP contribution in [-0.2, 0) is 9.59 Å². The van der Waals surface area contributed by atoms with Gasteiger partial charge in [0.05, 0.1) is 17.5 Å². The molecular formula is C33H25NO4. The van der Waals surface area contributed by atoms with E-state index in [0.717, 1.165) is 27.8 Å². The molecule has 1 heterocycles. The molecule has 8 rings (SSSR count). The lowest BCUT2D eigenvalue weighted by Crippen LogP contribution is -2.41. The van der Waals surface area contributed by atoms with Crippen LogP contribution >= 0.6 is 0 Å². The maximum atomic E-state index is 13.9. The summed E-state index contributed by atoms with van der Waals surface area (Å²) in [4.78, 5) is 41.6. The fourth-order valence-corrected chi connectivity index (χ4v) is 6.59. The third kappa shape index (κ3) is 3.28. The van der Waals surface area contributed by atoms with Crippen molar-refractivity contribution >= 4 is 23.3 Å². The second-order valence-electron chi connectivity index (χ2n) is 10.3. The van der Waals surface area contributed by atoms with Crippen LogP contribution in [0.4, 0.5) is 5.69 Å². The Morgan fingerprint density at radius 2 is 1.16 bits per heavy atom. The zero-order chi connectivity index (χ0) is 26.0. The third-order valence-corrected chi connectivity index (χ3v) is 8.29. The van der Waals surface area contributed by atoms with Crippen molar-refractivity contribution in [1.29, 1.82) is 0 Å². The van der Waals surface area contributed by atoms with Gasteiger partial charge in [-0.3, -0.25) is 14.4 Å². The van der Waals surface area contributed by atoms with Crippen molar-refractivity contribution in [2.75, 3.05) is 11.5 Å². The summed E-state index contributed by atoms with van der Waals surface area (Å²) in [6.45, 7) is 1.88. The number of hydrogen-bond donors (Lipinski definition) is 0. The van der Waals surface area contributed by atoms with Gasteiger partial charge in [0.1, 0.15) is 5.75 Å². The number of imide groups is 1. The number of Topliss-reactive ketones (excluding diaryl/α,β-unsaturated/α-hetero) is 1. The molecular weight excluding hydrogens is 474 g/mol. The van der Waals surface area contributed by atoms with E-state index >= 15 is 0 Å². The first kappa shape index (κ1) is 22.7. The molecule has 5 heteroatoms. The predicted molar refractivity (Wildman–Crippen MR) is 143 cm³/mol. The van der Waals surface area contributed by atoms with Crippen LogP contribution in [-0.4, -0.2) is 24.2 Å². The number of rotatable bonds is 5. The van der Waals surface area contributed by atoms with Crippen molar-refractivity contribution in [3.05, 3.63) is 130 Å². The Bertz CT molecular complexity index is 1490. The van der Waals surface area contributed by atoms with Crippen molar-refractivity contribution in [2.24, 2.45) is 11.8 Å². The van der Waals surface area contributed by atoms with Crippen LogP contribution in [0.15, 0.2) is 97.1 Å². The minimum absolute atomic E-state index is 0.0893. The van der Waals surface area contributed by atoms with Crippen molar-refractivity contribution in [3.63, 3.8) is 0 Å². The fourth-order valence-electron chi connectivity index (χ4n) is 6.59. The lowest BCUT2D eigenvalue weighted by Gasteiger charge is -2.45. The number of ketones is 1. The molecule has 1 aliphatic heterocycles. The van der Waals surface area contributed by atoms with Crippen LogP contribution in [0.2, 0.25) is 0 Å². The summed E-state index contributed by atoms with van der Waals surface area (Å²) < 4.78 is 5.71. The largest absolute Gasteiger partial charge is 0.485 e. The molecule has 0 radical (unpaired) electrons. The van der Waals surface area contributed by atoms with Crippen LogP contribution in [0.3, 0.4) is 0 Å². The number of nitrogens with zero attached hydrogens (tertiary/aromatic N) is 1. The highest BCUT2D eigenvalue weighted by atomic mass is 16.5. The van der Waals surface area contributed by atoms with E-state index in [-0.39, 0.29) is 36.0 Å². The minimum Gasteiger partial charge on any atom is -0.485 e. The first-order valence-corrected chi connectivity index (χ1v) is 12.9. The van der Waals surface area contributed by atoms with Gasteiger partial charge in [0.15, 0.2) is 12.4 Å². The molecule has 4 aliphatic rings. The normalized spacial score (nSPS) is 22.6. The van der Waals surface area contributed by atoms with E-state index in [2.05, 4.69) is 24.3 Å². The van der Waals surface area contributed by atoms with Gasteiger partial charge in [-0.15, -0.1) is 0 Å². The van der Waals surface area contributed by atoms with Gasteiger partial charge in [0.2, 0.25) is 11.8 Å². The van der Waals surface area contributed by atoms with Gasteiger partial charge in [-0.05, 0) is 53.4 Å². The number of aryl methyl sites for hydroxylation is 1. The van der Waals surface area contributed by atoms with Crippen molar-refractivity contribution in [3.8, 4) is 5.75 Å². The summed E-state index contributed by atoms with van der Waals surface area (Å²) in [5, 5.41) is 0. The predicted octanol–water partition coefficient (Wildman–Crippen LogP) is 5.65. The Balaban J connectivity index is 1.15. The summed E-state index contributed by atoms with van der Waals surface area (Å²) in [7, 11) is 0. The first-order valence-electron chi connectivity index (χ1n) is 12.9. The molecule has 186 valence electrons. The number of amides is 2. The summed E-state index contributed by atoms with van der Waals surface area (Å²) in [5.74, 6) is -1.00. The van der Waals surface area contributed by atoms with Gasteiger partial charge in [-0.25, -0.2) is 4.90 Å². The van der Waals surface area contributed by atoms with Gasteiger partial charge < -0.3 is 4.74 Å². The van der Waals surface area contributed by atoms with Crippen LogP contribution < -0.4 is 9.64 Å². The Labute approximate surface area is 220 Å². The molecule has 1 saturated heterocycles. The number of ether oxygens (including phenoxy) is 1. The van der Waals surface area contributed by atoms with Gasteiger partial charge in [0.25, 0.3) is 0 Å². The second kappa shape index (κ2) is 8.52. The fraction of sp³-hybridized carbons (Fsp3) is 0.182. The van der Waals surface area contributed by atoms with Gasteiger partial charge in [0, 0.05) is 17.4 Å². The molecule has 5 nitrogen and oxygen atoms in total. The molecule has 0 saturated carbocycles. The van der Waals surface area contributed by atoms with Gasteiger partial charge >= 0.3 is 0 Å². The second-order valence-corrected chi connectivity index (χ2v) is 10.3. The van der Waals surface area contributed by atoms with E-state index in [9.17, 15) is 14.4 Å². The molecule has 4 aromatic carbocycles. The topological polar surface area (TPSA) is 63.7 Å². The van der Waals surface area contributed by atoms with Crippen molar-refractivity contribution in [1.82, 2.24) is 0 Å². The van der Waals surface area contributed by atoms with E-state index in [4.69, 9.17) is 4.74 Å². The van der Waals surface area contributed by atoms with Crippen LogP contribution in [0.25, 0.3) is 0 Å².